The van der Waals surface area contributed by atoms with Crippen molar-refractivity contribution in [3.05, 3.63) is 35.4 Å². The van der Waals surface area contributed by atoms with Gasteiger partial charge in [0.25, 0.3) is 0 Å². The van der Waals surface area contributed by atoms with Gasteiger partial charge in [0.05, 0.1) is 0 Å². The zero-order valence-electron chi connectivity index (χ0n) is 12.6. The molecule has 1 saturated carbocycles. The third kappa shape index (κ3) is 2.62. The van der Waals surface area contributed by atoms with E-state index in [1.54, 1.807) is 0 Å². The lowest BCUT2D eigenvalue weighted by Crippen LogP contribution is -2.45. The van der Waals surface area contributed by atoms with Crippen LogP contribution in [0.2, 0.25) is 0 Å². The molecule has 1 aromatic rings. The van der Waals surface area contributed by atoms with E-state index in [0.29, 0.717) is 0 Å². The van der Waals surface area contributed by atoms with Crippen molar-refractivity contribution in [2.75, 3.05) is 39.8 Å². The van der Waals surface area contributed by atoms with Crippen molar-refractivity contribution in [1.82, 2.24) is 9.80 Å². The molecule has 20 heavy (non-hydrogen) atoms. The number of rotatable bonds is 4. The van der Waals surface area contributed by atoms with Gasteiger partial charge < -0.3 is 10.6 Å². The molecule has 0 spiro atoms. The van der Waals surface area contributed by atoms with Crippen LogP contribution >= 0.6 is 0 Å². The number of hydrogen-bond donors (Lipinski definition) is 1. The van der Waals surface area contributed by atoms with Gasteiger partial charge >= 0.3 is 0 Å². The molecule has 1 aliphatic heterocycles. The lowest BCUT2D eigenvalue weighted by atomic mass is 9.63. The third-order valence-electron chi connectivity index (χ3n) is 5.28. The van der Waals surface area contributed by atoms with Crippen LogP contribution in [0, 0.1) is 0 Å². The fourth-order valence-corrected chi connectivity index (χ4v) is 3.61. The van der Waals surface area contributed by atoms with Crippen molar-refractivity contribution in [3.8, 4) is 0 Å². The summed E-state index contributed by atoms with van der Waals surface area (Å²) in [5.41, 5.74) is 9.40. The summed E-state index contributed by atoms with van der Waals surface area (Å²) in [5.74, 6) is 0. The monoisotopic (exact) mass is 273 g/mol. The summed E-state index contributed by atoms with van der Waals surface area (Å²) < 4.78 is 0. The van der Waals surface area contributed by atoms with E-state index in [-0.39, 0.29) is 5.41 Å². The number of nitrogens with two attached hydrogens (primary N) is 1. The minimum absolute atomic E-state index is 0.281. The zero-order valence-corrected chi connectivity index (χ0v) is 12.6. The van der Waals surface area contributed by atoms with E-state index >= 15 is 0 Å². The largest absolute Gasteiger partial charge is 0.330 e. The summed E-state index contributed by atoms with van der Waals surface area (Å²) in [6.07, 6.45) is 3.87. The summed E-state index contributed by atoms with van der Waals surface area (Å²) in [7, 11) is 2.21. The third-order valence-corrected chi connectivity index (χ3v) is 5.28. The van der Waals surface area contributed by atoms with E-state index in [2.05, 4.69) is 41.1 Å². The van der Waals surface area contributed by atoms with Gasteiger partial charge in [-0.05, 0) is 31.0 Å². The minimum atomic E-state index is 0.281. The Morgan fingerprint density at radius 1 is 1.10 bits per heavy atom. The van der Waals surface area contributed by atoms with Crippen LogP contribution in [0.1, 0.15) is 30.4 Å². The Morgan fingerprint density at radius 2 is 1.80 bits per heavy atom. The maximum Gasteiger partial charge on any atom is 0.0237 e. The van der Waals surface area contributed by atoms with E-state index in [1.165, 1.54) is 56.6 Å². The predicted molar refractivity (Wildman–Crippen MR) is 83.8 cm³/mol. The SMILES string of the molecule is CN1CCN(Cc2ccccc2C2(CN)CCC2)CC1. The van der Waals surface area contributed by atoms with E-state index in [9.17, 15) is 0 Å². The van der Waals surface area contributed by atoms with Gasteiger partial charge in [-0.1, -0.05) is 30.7 Å². The zero-order chi connectivity index (χ0) is 14.0. The molecule has 0 bridgehead atoms. The highest BCUT2D eigenvalue weighted by molar-refractivity contribution is 5.36. The molecule has 1 heterocycles. The van der Waals surface area contributed by atoms with Gasteiger partial charge in [-0.25, -0.2) is 0 Å². The molecular weight excluding hydrogens is 246 g/mol. The molecule has 110 valence electrons. The lowest BCUT2D eigenvalue weighted by molar-refractivity contribution is 0.146. The molecule has 0 amide bonds. The second-order valence-corrected chi connectivity index (χ2v) is 6.57. The maximum atomic E-state index is 6.10. The fourth-order valence-electron chi connectivity index (χ4n) is 3.61. The van der Waals surface area contributed by atoms with E-state index in [1.807, 2.05) is 0 Å². The molecule has 0 aromatic heterocycles. The molecule has 2 N–H and O–H groups in total. The van der Waals surface area contributed by atoms with Crippen molar-refractivity contribution in [3.63, 3.8) is 0 Å². The highest BCUT2D eigenvalue weighted by Crippen LogP contribution is 2.44. The van der Waals surface area contributed by atoms with Gasteiger partial charge in [0.2, 0.25) is 0 Å². The molecule has 3 nitrogen and oxygen atoms in total. The van der Waals surface area contributed by atoms with Gasteiger partial charge in [0.1, 0.15) is 0 Å². The standard InChI is InChI=1S/C17H27N3/c1-19-9-11-20(12-10-19)13-15-5-2-3-6-16(15)17(14-18)7-4-8-17/h2-3,5-6H,4,7-14,18H2,1H3. The Bertz CT molecular complexity index is 440. The average molecular weight is 273 g/mol. The van der Waals surface area contributed by atoms with Crippen LogP contribution in [0.4, 0.5) is 0 Å². The first kappa shape index (κ1) is 14.1. The normalized spacial score (nSPS) is 23.5. The first-order chi connectivity index (χ1) is 9.73. The van der Waals surface area contributed by atoms with Crippen molar-refractivity contribution in [2.24, 2.45) is 5.73 Å². The van der Waals surface area contributed by atoms with Crippen molar-refractivity contribution < 1.29 is 0 Å². The first-order valence-corrected chi connectivity index (χ1v) is 7.93. The molecule has 1 aliphatic carbocycles. The Kier molecular flexibility index (Phi) is 4.11. The summed E-state index contributed by atoms with van der Waals surface area (Å²) in [5, 5.41) is 0. The van der Waals surface area contributed by atoms with Gasteiger partial charge in [0.15, 0.2) is 0 Å². The van der Waals surface area contributed by atoms with Gasteiger partial charge in [-0.3, -0.25) is 4.90 Å². The molecule has 0 unspecified atom stereocenters. The van der Waals surface area contributed by atoms with Crippen molar-refractivity contribution >= 4 is 0 Å². The van der Waals surface area contributed by atoms with Crippen LogP contribution in [0.15, 0.2) is 24.3 Å². The van der Waals surface area contributed by atoms with Crippen LogP contribution in [0.25, 0.3) is 0 Å². The molecule has 1 saturated heterocycles. The fraction of sp³-hybridized carbons (Fsp3) is 0.647. The van der Waals surface area contributed by atoms with Gasteiger partial charge in [-0.2, -0.15) is 0 Å². The Balaban J connectivity index is 1.76. The van der Waals surface area contributed by atoms with Crippen LogP contribution in [0.3, 0.4) is 0 Å². The molecule has 3 heteroatoms. The maximum absolute atomic E-state index is 6.10. The Labute approximate surface area is 122 Å². The van der Waals surface area contributed by atoms with Gasteiger partial charge in [0, 0.05) is 44.7 Å². The molecule has 3 rings (SSSR count). The highest BCUT2D eigenvalue weighted by atomic mass is 15.2. The summed E-state index contributed by atoms with van der Waals surface area (Å²) in [4.78, 5) is 5.00. The quantitative estimate of drug-likeness (QED) is 0.908. The van der Waals surface area contributed by atoms with Crippen LogP contribution in [-0.2, 0) is 12.0 Å². The number of likely N-dealkylation sites (N-methyl/N-ethyl adjacent to an activating group) is 1. The van der Waals surface area contributed by atoms with Gasteiger partial charge in [-0.15, -0.1) is 0 Å². The Hall–Kier alpha value is -0.900. The summed E-state index contributed by atoms with van der Waals surface area (Å²) in [6, 6.07) is 8.98. The topological polar surface area (TPSA) is 32.5 Å². The van der Waals surface area contributed by atoms with E-state index in [0.717, 1.165) is 13.1 Å². The highest BCUT2D eigenvalue weighted by Gasteiger charge is 2.38. The van der Waals surface area contributed by atoms with Crippen LogP contribution in [-0.4, -0.2) is 49.6 Å². The number of benzene rings is 1. The van der Waals surface area contributed by atoms with Crippen molar-refractivity contribution in [2.45, 2.75) is 31.2 Å². The van der Waals surface area contributed by atoms with E-state index in [4.69, 9.17) is 5.73 Å². The number of piperazine rings is 1. The lowest BCUT2D eigenvalue weighted by Gasteiger charge is -2.43. The van der Waals surface area contributed by atoms with Crippen molar-refractivity contribution in [1.29, 1.82) is 0 Å². The second kappa shape index (κ2) is 5.84. The summed E-state index contributed by atoms with van der Waals surface area (Å²) >= 11 is 0. The predicted octanol–water partition coefficient (Wildman–Crippen LogP) is 1.81. The smallest absolute Gasteiger partial charge is 0.0237 e. The Morgan fingerprint density at radius 3 is 2.40 bits per heavy atom. The molecule has 0 atom stereocenters. The van der Waals surface area contributed by atoms with E-state index < -0.39 is 0 Å². The molecule has 2 aliphatic rings. The average Bonchev–Trinajstić information content (AvgIpc) is 2.43. The molecule has 2 fully saturated rings. The van der Waals surface area contributed by atoms with Crippen LogP contribution < -0.4 is 5.73 Å². The molecular formula is C17H27N3. The number of nitrogens with zero attached hydrogens (tertiary/aromatic N) is 2. The molecule has 0 radical (unpaired) electrons. The van der Waals surface area contributed by atoms with Crippen LogP contribution in [0.5, 0.6) is 0 Å². The second-order valence-electron chi connectivity index (χ2n) is 6.57. The number of hydrogen-bond acceptors (Lipinski definition) is 3. The first-order valence-electron chi connectivity index (χ1n) is 7.93. The molecule has 1 aromatic carbocycles. The minimum Gasteiger partial charge on any atom is -0.330 e. The summed E-state index contributed by atoms with van der Waals surface area (Å²) in [6.45, 7) is 6.62.